The Morgan fingerprint density at radius 1 is 0.444 bits per heavy atom. The molecule has 4 aliphatic carbocycles. The van der Waals surface area contributed by atoms with Gasteiger partial charge in [-0.1, -0.05) is 77.0 Å². The van der Waals surface area contributed by atoms with Gasteiger partial charge < -0.3 is 9.80 Å². The highest BCUT2D eigenvalue weighted by atomic mass is 16.2. The van der Waals surface area contributed by atoms with Crippen molar-refractivity contribution in [2.24, 2.45) is 11.8 Å². The van der Waals surface area contributed by atoms with Gasteiger partial charge in [0.05, 0.1) is 0 Å². The molecule has 1 aromatic carbocycles. The van der Waals surface area contributed by atoms with Crippen molar-refractivity contribution in [1.82, 2.24) is 0 Å². The summed E-state index contributed by atoms with van der Waals surface area (Å²) in [5, 5.41) is 0. The maximum atomic E-state index is 13.8. The van der Waals surface area contributed by atoms with E-state index in [1.807, 2.05) is 0 Å². The Hall–Kier alpha value is -1.84. The van der Waals surface area contributed by atoms with E-state index >= 15 is 0 Å². The largest absolute Gasteiger partial charge is 0.309 e. The Kier molecular flexibility index (Phi) is 9.03. The Bertz CT molecular complexity index is 770. The molecular formula is C32H48N2O2. The van der Waals surface area contributed by atoms with Crippen molar-refractivity contribution in [3.63, 3.8) is 0 Å². The first-order valence-corrected chi connectivity index (χ1v) is 15.5. The first-order chi connectivity index (χ1) is 17.7. The summed E-state index contributed by atoms with van der Waals surface area (Å²) < 4.78 is 0. The highest BCUT2D eigenvalue weighted by Crippen LogP contribution is 2.36. The van der Waals surface area contributed by atoms with E-state index < -0.39 is 0 Å². The van der Waals surface area contributed by atoms with Crippen LogP contribution in [0.5, 0.6) is 0 Å². The molecule has 0 radical (unpaired) electrons. The van der Waals surface area contributed by atoms with Gasteiger partial charge in [0.2, 0.25) is 11.8 Å². The summed E-state index contributed by atoms with van der Waals surface area (Å²) in [4.78, 5) is 32.1. The molecule has 0 N–H and O–H groups in total. The average molecular weight is 493 g/mol. The van der Waals surface area contributed by atoms with Crippen LogP contribution in [0.25, 0.3) is 0 Å². The molecule has 0 aliphatic heterocycles. The molecule has 0 heterocycles. The van der Waals surface area contributed by atoms with E-state index in [0.717, 1.165) is 62.7 Å². The number of hydrogen-bond donors (Lipinski definition) is 0. The zero-order chi connectivity index (χ0) is 24.7. The highest BCUT2D eigenvalue weighted by molar-refractivity contribution is 5.98. The molecule has 0 spiro atoms. The van der Waals surface area contributed by atoms with Gasteiger partial charge in [0.1, 0.15) is 0 Å². The minimum atomic E-state index is 0.187. The third kappa shape index (κ3) is 6.00. The lowest BCUT2D eigenvalue weighted by Gasteiger charge is -2.39. The van der Waals surface area contributed by atoms with Crippen molar-refractivity contribution in [2.75, 3.05) is 9.80 Å². The van der Waals surface area contributed by atoms with Crippen LogP contribution in [0.1, 0.15) is 128 Å². The van der Waals surface area contributed by atoms with Gasteiger partial charge in [-0.2, -0.15) is 0 Å². The van der Waals surface area contributed by atoms with Crippen molar-refractivity contribution >= 4 is 23.2 Å². The smallest absolute Gasteiger partial charge is 0.230 e. The second-order valence-electron chi connectivity index (χ2n) is 12.2. The molecule has 1 aromatic rings. The van der Waals surface area contributed by atoms with Crippen LogP contribution in [0.4, 0.5) is 11.4 Å². The van der Waals surface area contributed by atoms with Crippen LogP contribution in [0.3, 0.4) is 0 Å². The molecule has 0 atom stereocenters. The van der Waals surface area contributed by atoms with Gasteiger partial charge >= 0.3 is 0 Å². The van der Waals surface area contributed by atoms with Gasteiger partial charge in [-0.3, -0.25) is 9.59 Å². The molecule has 2 amide bonds. The fourth-order valence-corrected chi connectivity index (χ4v) is 7.58. The Labute approximate surface area is 219 Å². The summed E-state index contributed by atoms with van der Waals surface area (Å²) in [6.45, 7) is 0. The van der Waals surface area contributed by atoms with Crippen molar-refractivity contribution in [1.29, 1.82) is 0 Å². The molecule has 4 fully saturated rings. The van der Waals surface area contributed by atoms with E-state index in [2.05, 4.69) is 34.1 Å². The summed E-state index contributed by atoms with van der Waals surface area (Å²) in [6.07, 6.45) is 23.4. The second kappa shape index (κ2) is 12.6. The lowest BCUT2D eigenvalue weighted by atomic mass is 9.86. The number of anilines is 2. The third-order valence-electron chi connectivity index (χ3n) is 9.67. The first kappa shape index (κ1) is 25.8. The molecule has 0 bridgehead atoms. The van der Waals surface area contributed by atoms with Crippen molar-refractivity contribution in [3.05, 3.63) is 24.3 Å². The standard InChI is InChI=1S/C32H48N2O2/c35-31(25-13-5-1-6-14-25)33(27-17-9-3-10-18-27)29-21-23-30(24-22-29)34(28-19-11-4-12-20-28)32(36)26-15-7-2-8-16-26/h21-28H,1-20H2. The quantitative estimate of drug-likeness (QED) is 0.402. The summed E-state index contributed by atoms with van der Waals surface area (Å²) >= 11 is 0. The van der Waals surface area contributed by atoms with Gasteiger partial charge in [-0.05, 0) is 75.6 Å². The highest BCUT2D eigenvalue weighted by Gasteiger charge is 2.34. The molecule has 0 unspecified atom stereocenters. The van der Waals surface area contributed by atoms with Crippen LogP contribution in [0.2, 0.25) is 0 Å². The van der Waals surface area contributed by atoms with Gasteiger partial charge in [0, 0.05) is 35.3 Å². The third-order valence-corrected chi connectivity index (χ3v) is 9.67. The van der Waals surface area contributed by atoms with Gasteiger partial charge in [-0.15, -0.1) is 0 Å². The van der Waals surface area contributed by atoms with Gasteiger partial charge in [0.15, 0.2) is 0 Å². The summed E-state index contributed by atoms with van der Waals surface area (Å²) in [7, 11) is 0. The molecule has 0 aromatic heterocycles. The average Bonchev–Trinajstić information content (AvgIpc) is 2.96. The lowest BCUT2D eigenvalue weighted by molar-refractivity contribution is -0.124. The number of carbonyl (C=O) groups excluding carboxylic acids is 2. The number of nitrogens with zero attached hydrogens (tertiary/aromatic N) is 2. The number of amides is 2. The van der Waals surface area contributed by atoms with Crippen LogP contribution in [-0.2, 0) is 9.59 Å². The first-order valence-electron chi connectivity index (χ1n) is 15.5. The van der Waals surface area contributed by atoms with E-state index in [-0.39, 0.29) is 11.8 Å². The fourth-order valence-electron chi connectivity index (χ4n) is 7.58. The predicted octanol–water partition coefficient (Wildman–Crippen LogP) is 8.18. The normalized spacial score (nSPS) is 23.3. The molecular weight excluding hydrogens is 444 g/mol. The summed E-state index contributed by atoms with van der Waals surface area (Å²) in [5.41, 5.74) is 2.10. The number of carbonyl (C=O) groups is 2. The van der Waals surface area contributed by atoms with Crippen LogP contribution in [0.15, 0.2) is 24.3 Å². The maximum absolute atomic E-state index is 13.8. The molecule has 4 heteroatoms. The zero-order valence-corrected chi connectivity index (χ0v) is 22.5. The van der Waals surface area contributed by atoms with Crippen molar-refractivity contribution in [3.8, 4) is 0 Å². The SMILES string of the molecule is O=C(C1CCCCC1)N(c1ccc(N(C(=O)C2CCCCC2)C2CCCCC2)cc1)C1CCCCC1. The molecule has 5 rings (SSSR count). The molecule has 198 valence electrons. The van der Waals surface area contributed by atoms with E-state index in [0.29, 0.717) is 23.9 Å². The molecule has 4 aliphatic rings. The minimum absolute atomic E-state index is 0.187. The lowest BCUT2D eigenvalue weighted by Crippen LogP contribution is -2.46. The Morgan fingerprint density at radius 3 is 1.03 bits per heavy atom. The van der Waals surface area contributed by atoms with Crippen LogP contribution in [-0.4, -0.2) is 23.9 Å². The molecule has 0 saturated heterocycles. The maximum Gasteiger partial charge on any atom is 0.230 e. The van der Waals surface area contributed by atoms with E-state index in [9.17, 15) is 9.59 Å². The number of hydrogen-bond acceptors (Lipinski definition) is 2. The van der Waals surface area contributed by atoms with Crippen molar-refractivity contribution in [2.45, 2.75) is 141 Å². The van der Waals surface area contributed by atoms with Gasteiger partial charge in [-0.25, -0.2) is 0 Å². The molecule has 4 saturated carbocycles. The predicted molar refractivity (Wildman–Crippen MR) is 148 cm³/mol. The van der Waals surface area contributed by atoms with E-state index in [1.165, 1.54) is 77.0 Å². The Balaban J connectivity index is 1.40. The number of benzene rings is 1. The fraction of sp³-hybridized carbons (Fsp3) is 0.750. The number of rotatable bonds is 6. The second-order valence-corrected chi connectivity index (χ2v) is 12.2. The summed E-state index contributed by atoms with van der Waals surface area (Å²) in [6, 6.07) is 9.31. The van der Waals surface area contributed by atoms with E-state index in [4.69, 9.17) is 0 Å². The van der Waals surface area contributed by atoms with Crippen LogP contribution in [0, 0.1) is 11.8 Å². The summed E-state index contributed by atoms with van der Waals surface area (Å²) in [5.74, 6) is 1.09. The van der Waals surface area contributed by atoms with Crippen molar-refractivity contribution < 1.29 is 9.59 Å². The van der Waals surface area contributed by atoms with Crippen LogP contribution >= 0.6 is 0 Å². The Morgan fingerprint density at radius 2 is 0.722 bits per heavy atom. The molecule has 36 heavy (non-hydrogen) atoms. The monoisotopic (exact) mass is 492 g/mol. The topological polar surface area (TPSA) is 40.6 Å². The minimum Gasteiger partial charge on any atom is -0.309 e. The zero-order valence-electron chi connectivity index (χ0n) is 22.5. The van der Waals surface area contributed by atoms with Crippen LogP contribution < -0.4 is 9.80 Å². The molecule has 4 nitrogen and oxygen atoms in total. The van der Waals surface area contributed by atoms with E-state index in [1.54, 1.807) is 0 Å². The van der Waals surface area contributed by atoms with Gasteiger partial charge in [0.25, 0.3) is 0 Å².